The third-order valence-electron chi connectivity index (χ3n) is 8.70. The maximum absolute atomic E-state index is 14.8. The summed E-state index contributed by atoms with van der Waals surface area (Å²) in [6.07, 6.45) is -0.235. The molecule has 3 aliphatic rings. The number of carbonyl (C=O) groups is 3. The van der Waals surface area contributed by atoms with Crippen molar-refractivity contribution in [2.24, 2.45) is 11.8 Å². The normalized spacial score (nSPS) is 18.9. The molecule has 250 valence electrons. The first-order valence-electron chi connectivity index (χ1n) is 16.0. The molecule has 0 aliphatic carbocycles. The summed E-state index contributed by atoms with van der Waals surface area (Å²) in [5, 5.41) is 6.35. The highest BCUT2D eigenvalue weighted by Crippen LogP contribution is 2.35. The van der Waals surface area contributed by atoms with Crippen molar-refractivity contribution >= 4 is 50.7 Å². The number of thiophene rings is 1. The Morgan fingerprint density at radius 2 is 1.62 bits per heavy atom. The summed E-state index contributed by atoms with van der Waals surface area (Å²) >= 11 is 1.35. The Labute approximate surface area is 281 Å². The van der Waals surface area contributed by atoms with Gasteiger partial charge in [-0.15, -0.1) is 11.3 Å². The number of nitrogens with one attached hydrogen (secondary N) is 2. The highest BCUT2D eigenvalue weighted by molar-refractivity contribution is 7.20. The lowest BCUT2D eigenvalue weighted by Crippen LogP contribution is -2.37. The van der Waals surface area contributed by atoms with Crippen LogP contribution in [0.5, 0.6) is 11.5 Å². The molecule has 3 aliphatic heterocycles. The topological polar surface area (TPSA) is 109 Å². The van der Waals surface area contributed by atoms with E-state index in [9.17, 15) is 18.8 Å². The van der Waals surface area contributed by atoms with Crippen LogP contribution in [0.2, 0.25) is 0 Å². The number of likely N-dealkylation sites (tertiary alicyclic amines) is 2. The molecule has 2 saturated heterocycles. The third-order valence-corrected chi connectivity index (χ3v) is 9.80. The molecule has 7 rings (SSSR count). The molecule has 2 unspecified atom stereocenters. The van der Waals surface area contributed by atoms with Gasteiger partial charge >= 0.3 is 6.09 Å². The number of carbonyl (C=O) groups excluding carboxylic acids is 3. The lowest BCUT2D eigenvalue weighted by atomic mass is 10.0. The third kappa shape index (κ3) is 6.95. The van der Waals surface area contributed by atoms with Crippen molar-refractivity contribution in [1.82, 2.24) is 9.80 Å². The predicted molar refractivity (Wildman–Crippen MR) is 182 cm³/mol. The van der Waals surface area contributed by atoms with Crippen LogP contribution in [-0.2, 0) is 11.3 Å². The van der Waals surface area contributed by atoms with E-state index in [1.165, 1.54) is 29.5 Å². The maximum Gasteiger partial charge on any atom is 0.410 e. The van der Waals surface area contributed by atoms with E-state index in [1.807, 2.05) is 31.7 Å². The second-order valence-corrected chi connectivity index (χ2v) is 14.6. The summed E-state index contributed by atoms with van der Waals surface area (Å²) in [4.78, 5) is 43.4. The number of anilines is 2. The van der Waals surface area contributed by atoms with Gasteiger partial charge in [-0.3, -0.25) is 14.5 Å². The van der Waals surface area contributed by atoms with Gasteiger partial charge in [0.25, 0.3) is 11.8 Å². The predicted octanol–water partition coefficient (Wildman–Crippen LogP) is 6.61. The van der Waals surface area contributed by atoms with E-state index in [0.29, 0.717) is 65.8 Å². The smallest absolute Gasteiger partial charge is 0.410 e. The van der Waals surface area contributed by atoms with Crippen LogP contribution in [0.3, 0.4) is 0 Å². The second-order valence-electron chi connectivity index (χ2n) is 13.5. The van der Waals surface area contributed by atoms with Gasteiger partial charge in [0.15, 0.2) is 11.5 Å². The van der Waals surface area contributed by atoms with Crippen LogP contribution in [0.1, 0.15) is 46.4 Å². The molecule has 0 radical (unpaired) electrons. The molecule has 0 bridgehead atoms. The average molecular weight is 673 g/mol. The molecule has 12 heteroatoms. The number of amides is 3. The van der Waals surface area contributed by atoms with Crippen molar-refractivity contribution < 1.29 is 33.0 Å². The van der Waals surface area contributed by atoms with Crippen molar-refractivity contribution in [1.29, 1.82) is 0 Å². The zero-order valence-corrected chi connectivity index (χ0v) is 27.8. The molecule has 3 aromatic carbocycles. The minimum Gasteiger partial charge on any atom is -0.486 e. The van der Waals surface area contributed by atoms with Crippen LogP contribution in [0, 0.1) is 17.7 Å². The van der Waals surface area contributed by atoms with Gasteiger partial charge in [0, 0.05) is 48.7 Å². The van der Waals surface area contributed by atoms with Crippen molar-refractivity contribution in [3.8, 4) is 11.5 Å². The van der Waals surface area contributed by atoms with Crippen LogP contribution < -0.4 is 20.1 Å². The minimum atomic E-state index is -0.617. The highest BCUT2D eigenvalue weighted by Gasteiger charge is 2.42. The van der Waals surface area contributed by atoms with E-state index in [4.69, 9.17) is 14.2 Å². The van der Waals surface area contributed by atoms with Crippen LogP contribution in [0.4, 0.5) is 20.6 Å². The number of rotatable bonds is 6. The summed E-state index contributed by atoms with van der Waals surface area (Å²) in [7, 11) is 0. The molecule has 2 atom stereocenters. The monoisotopic (exact) mass is 672 g/mol. The SMILES string of the molecule is CC(C)(C)OC(=O)N1CC2CN(Cc3ccc4cc(C(=O)Nc5cc(NC(=O)c6ccc7c(c6)OCCO7)ccc5F)sc4c3)CC2C1. The first-order valence-corrected chi connectivity index (χ1v) is 16.8. The molecule has 0 spiro atoms. The Kier molecular flexibility index (Phi) is 8.46. The lowest BCUT2D eigenvalue weighted by Gasteiger charge is -2.26. The fourth-order valence-electron chi connectivity index (χ4n) is 6.51. The molecule has 1 aromatic heterocycles. The standard InChI is InChI=1S/C36H37FN4O6S/c1-36(2,3)47-35(44)41-19-24-17-40(18-25(24)20-41)16-21-4-5-22-14-32(48-31(22)12-21)34(43)39-28-15-26(7-8-27(28)37)38-33(42)23-6-9-29-30(13-23)46-11-10-45-29/h4-9,12-15,24-25H,10-11,16-20H2,1-3H3,(H,38,42)(H,39,43). The van der Waals surface area contributed by atoms with E-state index in [-0.39, 0.29) is 11.8 Å². The number of hydrogen-bond acceptors (Lipinski definition) is 8. The van der Waals surface area contributed by atoms with E-state index in [2.05, 4.69) is 27.7 Å². The highest BCUT2D eigenvalue weighted by atomic mass is 32.1. The van der Waals surface area contributed by atoms with Crippen LogP contribution in [-0.4, -0.2) is 72.7 Å². The van der Waals surface area contributed by atoms with Crippen molar-refractivity contribution in [3.63, 3.8) is 0 Å². The Balaban J connectivity index is 0.964. The molecular weight excluding hydrogens is 635 g/mol. The quantitative estimate of drug-likeness (QED) is 0.237. The van der Waals surface area contributed by atoms with Crippen LogP contribution >= 0.6 is 11.3 Å². The molecule has 4 heterocycles. The van der Waals surface area contributed by atoms with Gasteiger partial charge in [0.2, 0.25) is 0 Å². The Morgan fingerprint density at radius 3 is 2.38 bits per heavy atom. The van der Waals surface area contributed by atoms with Crippen LogP contribution in [0.15, 0.2) is 60.7 Å². The molecule has 10 nitrogen and oxygen atoms in total. The molecule has 2 fully saturated rings. The van der Waals surface area contributed by atoms with Gasteiger partial charge in [-0.05, 0) is 92.1 Å². The van der Waals surface area contributed by atoms with Gasteiger partial charge in [0.1, 0.15) is 24.6 Å². The number of hydrogen-bond donors (Lipinski definition) is 2. The van der Waals surface area contributed by atoms with Gasteiger partial charge in [-0.2, -0.15) is 0 Å². The van der Waals surface area contributed by atoms with E-state index in [1.54, 1.807) is 24.3 Å². The first-order chi connectivity index (χ1) is 23.0. The second kappa shape index (κ2) is 12.7. The fourth-order valence-corrected chi connectivity index (χ4v) is 7.53. The average Bonchev–Trinajstić information content (AvgIpc) is 3.75. The lowest BCUT2D eigenvalue weighted by molar-refractivity contribution is 0.0274. The minimum absolute atomic E-state index is 0.0389. The summed E-state index contributed by atoms with van der Waals surface area (Å²) < 4.78 is 32.4. The summed E-state index contributed by atoms with van der Waals surface area (Å²) in [6.45, 7) is 10.6. The summed E-state index contributed by atoms with van der Waals surface area (Å²) in [5.74, 6) is 0.462. The maximum atomic E-state index is 14.8. The van der Waals surface area contributed by atoms with Crippen molar-refractivity contribution in [2.45, 2.75) is 32.9 Å². The number of nitrogens with zero attached hydrogens (tertiary/aromatic N) is 2. The zero-order chi connectivity index (χ0) is 33.6. The molecule has 0 saturated carbocycles. The van der Waals surface area contributed by atoms with Gasteiger partial charge in [-0.25, -0.2) is 9.18 Å². The van der Waals surface area contributed by atoms with E-state index in [0.717, 1.165) is 35.3 Å². The number of ether oxygens (including phenoxy) is 3. The molecule has 3 amide bonds. The largest absolute Gasteiger partial charge is 0.486 e. The Hall–Kier alpha value is -4.68. The molecule has 4 aromatic rings. The zero-order valence-electron chi connectivity index (χ0n) is 27.0. The number of benzene rings is 3. The van der Waals surface area contributed by atoms with E-state index < -0.39 is 23.2 Å². The van der Waals surface area contributed by atoms with Crippen molar-refractivity contribution in [3.05, 3.63) is 82.5 Å². The summed E-state index contributed by atoms with van der Waals surface area (Å²) in [6, 6.07) is 16.9. The molecule has 48 heavy (non-hydrogen) atoms. The fraction of sp³-hybridized carbons (Fsp3) is 0.361. The summed E-state index contributed by atoms with van der Waals surface area (Å²) in [5.41, 5.74) is 1.29. The van der Waals surface area contributed by atoms with Crippen molar-refractivity contribution in [2.75, 3.05) is 50.0 Å². The Morgan fingerprint density at radius 1 is 0.875 bits per heavy atom. The van der Waals surface area contributed by atoms with Gasteiger partial charge in [0.05, 0.1) is 10.6 Å². The van der Waals surface area contributed by atoms with Crippen LogP contribution in [0.25, 0.3) is 10.1 Å². The number of halogens is 1. The van der Waals surface area contributed by atoms with E-state index >= 15 is 0 Å². The first kappa shape index (κ1) is 31.9. The Bertz CT molecular complexity index is 1890. The van der Waals surface area contributed by atoms with Gasteiger partial charge < -0.3 is 29.7 Å². The molecule has 2 N–H and O–H groups in total. The van der Waals surface area contributed by atoms with Gasteiger partial charge in [-0.1, -0.05) is 12.1 Å². The number of fused-ring (bicyclic) bond motifs is 3. The molecular formula is C36H37FN4O6S.